The average Bonchev–Trinajstić information content (AvgIpc) is 3.23. The Labute approximate surface area is 191 Å². The summed E-state index contributed by atoms with van der Waals surface area (Å²) < 4.78 is 21.1. The van der Waals surface area contributed by atoms with Gasteiger partial charge in [-0.25, -0.2) is 13.9 Å². The molecule has 2 aliphatic rings. The lowest BCUT2D eigenvalue weighted by Gasteiger charge is -2.32. The first kappa shape index (κ1) is 21.5. The molecule has 2 amide bonds. The molecule has 5 rings (SSSR count). The first-order valence-electron chi connectivity index (χ1n) is 11.3. The lowest BCUT2D eigenvalue weighted by atomic mass is 10.0. The molecular formula is C24H27FN6O2. The van der Waals surface area contributed by atoms with Crippen molar-refractivity contribution in [2.24, 2.45) is 0 Å². The van der Waals surface area contributed by atoms with Crippen molar-refractivity contribution in [1.82, 2.24) is 25.2 Å². The smallest absolute Gasteiger partial charge is 0.319 e. The zero-order chi connectivity index (χ0) is 22.6. The molecule has 33 heavy (non-hydrogen) atoms. The number of amides is 2. The maximum Gasteiger partial charge on any atom is 0.319 e. The number of ether oxygens (including phenoxy) is 1. The van der Waals surface area contributed by atoms with Crippen LogP contribution in [0.2, 0.25) is 0 Å². The number of fused-ring (bicyclic) bond motifs is 1. The molecule has 0 aliphatic carbocycles. The van der Waals surface area contributed by atoms with E-state index in [9.17, 15) is 9.18 Å². The number of para-hydroxylation sites is 1. The van der Waals surface area contributed by atoms with E-state index < -0.39 is 0 Å². The lowest BCUT2D eigenvalue weighted by molar-refractivity contribution is -0.00219. The highest BCUT2D eigenvalue weighted by molar-refractivity contribution is 5.89. The number of nitrogens with zero attached hydrogens (tertiary/aromatic N) is 4. The third-order valence-corrected chi connectivity index (χ3v) is 6.25. The van der Waals surface area contributed by atoms with Gasteiger partial charge in [-0.2, -0.15) is 0 Å². The van der Waals surface area contributed by atoms with Gasteiger partial charge in [-0.05, 0) is 42.7 Å². The van der Waals surface area contributed by atoms with Gasteiger partial charge in [0.05, 0.1) is 18.8 Å². The Hall–Kier alpha value is -3.30. The van der Waals surface area contributed by atoms with E-state index in [0.29, 0.717) is 19.7 Å². The largest absolute Gasteiger partial charge is 0.365 e. The lowest BCUT2D eigenvalue weighted by Crippen LogP contribution is -2.45. The molecule has 3 aromatic rings. The van der Waals surface area contributed by atoms with Crippen molar-refractivity contribution in [3.05, 3.63) is 77.4 Å². The average molecular weight is 451 g/mol. The van der Waals surface area contributed by atoms with Crippen molar-refractivity contribution in [3.63, 3.8) is 0 Å². The Balaban J connectivity index is 1.11. The summed E-state index contributed by atoms with van der Waals surface area (Å²) in [5, 5.41) is 14.7. The van der Waals surface area contributed by atoms with E-state index in [1.54, 1.807) is 12.1 Å². The summed E-state index contributed by atoms with van der Waals surface area (Å²) in [7, 11) is 0. The maximum absolute atomic E-state index is 13.2. The first-order chi connectivity index (χ1) is 16.1. The van der Waals surface area contributed by atoms with Gasteiger partial charge in [0.25, 0.3) is 0 Å². The number of urea groups is 1. The molecule has 0 saturated carbocycles. The quantitative estimate of drug-likeness (QED) is 0.622. The number of benzene rings is 2. The fourth-order valence-electron chi connectivity index (χ4n) is 4.39. The third kappa shape index (κ3) is 5.20. The van der Waals surface area contributed by atoms with Crippen LogP contribution < -0.4 is 10.6 Å². The number of hydrogen-bond donors (Lipinski definition) is 2. The molecule has 0 bridgehead atoms. The molecule has 9 heteroatoms. The van der Waals surface area contributed by atoms with Crippen LogP contribution in [0.4, 0.5) is 14.9 Å². The van der Waals surface area contributed by atoms with Gasteiger partial charge in [0.1, 0.15) is 17.6 Å². The third-order valence-electron chi connectivity index (χ3n) is 6.25. The van der Waals surface area contributed by atoms with Crippen LogP contribution in [0.5, 0.6) is 0 Å². The number of aromatic nitrogens is 3. The van der Waals surface area contributed by atoms with E-state index in [4.69, 9.17) is 4.74 Å². The number of hydrogen-bond acceptors (Lipinski definition) is 5. The number of likely N-dealkylation sites (tertiary alicyclic amines) is 1. The van der Waals surface area contributed by atoms with Gasteiger partial charge in [-0.15, -0.1) is 5.10 Å². The second-order valence-corrected chi connectivity index (χ2v) is 8.53. The predicted octanol–water partition coefficient (Wildman–Crippen LogP) is 3.47. The van der Waals surface area contributed by atoms with Crippen LogP contribution in [-0.2, 0) is 24.4 Å². The highest BCUT2D eigenvalue weighted by Crippen LogP contribution is 2.27. The van der Waals surface area contributed by atoms with Gasteiger partial charge in [-0.3, -0.25) is 4.90 Å². The van der Waals surface area contributed by atoms with Crippen molar-refractivity contribution in [1.29, 1.82) is 0 Å². The Kier molecular flexibility index (Phi) is 6.32. The number of rotatable bonds is 5. The summed E-state index contributed by atoms with van der Waals surface area (Å²) in [6, 6.07) is 15.8. The van der Waals surface area contributed by atoms with Crippen LogP contribution in [0.3, 0.4) is 0 Å². The fraction of sp³-hybridized carbons (Fsp3) is 0.375. The molecule has 172 valence electrons. The molecule has 1 fully saturated rings. The van der Waals surface area contributed by atoms with Gasteiger partial charge in [0.2, 0.25) is 0 Å². The highest BCUT2D eigenvalue weighted by Gasteiger charge is 2.27. The minimum absolute atomic E-state index is 0.152. The van der Waals surface area contributed by atoms with E-state index >= 15 is 0 Å². The van der Waals surface area contributed by atoms with Crippen molar-refractivity contribution < 1.29 is 13.9 Å². The molecule has 0 spiro atoms. The first-order valence-corrected chi connectivity index (χ1v) is 11.3. The van der Waals surface area contributed by atoms with Gasteiger partial charge >= 0.3 is 6.03 Å². The van der Waals surface area contributed by atoms with Crippen molar-refractivity contribution >= 4 is 11.7 Å². The standard InChI is InChI=1S/C24H27FN6O2/c25-18-8-6-17(7-9-18)23-15-31-22(16-33-23)21(28-29-31)14-30-12-10-20(11-13-30)27-24(32)26-19-4-2-1-3-5-19/h1-9,20,23H,10-16H2,(H2,26,27,32)/t23-/m1/s1. The van der Waals surface area contributed by atoms with Crippen LogP contribution in [0.1, 0.15) is 35.9 Å². The molecule has 1 saturated heterocycles. The summed E-state index contributed by atoms with van der Waals surface area (Å²) in [5.41, 5.74) is 3.65. The van der Waals surface area contributed by atoms with Crippen LogP contribution in [0.25, 0.3) is 0 Å². The Morgan fingerprint density at radius 1 is 1.09 bits per heavy atom. The van der Waals surface area contributed by atoms with E-state index in [-0.39, 0.29) is 24.0 Å². The highest BCUT2D eigenvalue weighted by atomic mass is 19.1. The zero-order valence-electron chi connectivity index (χ0n) is 18.3. The fourth-order valence-corrected chi connectivity index (χ4v) is 4.39. The Morgan fingerprint density at radius 3 is 2.61 bits per heavy atom. The molecule has 3 heterocycles. The van der Waals surface area contributed by atoms with E-state index in [1.165, 1.54) is 12.1 Å². The maximum atomic E-state index is 13.2. The molecule has 2 N–H and O–H groups in total. The van der Waals surface area contributed by atoms with Crippen molar-refractivity contribution in [3.8, 4) is 0 Å². The van der Waals surface area contributed by atoms with Gasteiger partial charge in [-0.1, -0.05) is 35.5 Å². The number of halogens is 1. The summed E-state index contributed by atoms with van der Waals surface area (Å²) in [5.74, 6) is -0.255. The topological polar surface area (TPSA) is 84.3 Å². The molecule has 2 aromatic carbocycles. The van der Waals surface area contributed by atoms with Crippen molar-refractivity contribution in [2.75, 3.05) is 18.4 Å². The number of anilines is 1. The second-order valence-electron chi connectivity index (χ2n) is 8.53. The summed E-state index contributed by atoms with van der Waals surface area (Å²) in [6.45, 7) is 3.46. The molecule has 0 radical (unpaired) electrons. The summed E-state index contributed by atoms with van der Waals surface area (Å²) in [4.78, 5) is 14.6. The number of carbonyl (C=O) groups is 1. The van der Waals surface area contributed by atoms with E-state index in [2.05, 4.69) is 25.8 Å². The number of nitrogens with one attached hydrogen (secondary N) is 2. The van der Waals surface area contributed by atoms with E-state index in [1.807, 2.05) is 35.0 Å². The summed E-state index contributed by atoms with van der Waals surface area (Å²) >= 11 is 0. The zero-order valence-corrected chi connectivity index (χ0v) is 18.3. The SMILES string of the molecule is O=C(Nc1ccccc1)NC1CCN(Cc2nnn3c2CO[C@@H](c2ccc(F)cc2)C3)CC1. The van der Waals surface area contributed by atoms with Crippen LogP contribution >= 0.6 is 0 Å². The van der Waals surface area contributed by atoms with Gasteiger partial charge in [0.15, 0.2) is 0 Å². The van der Waals surface area contributed by atoms with E-state index in [0.717, 1.165) is 48.6 Å². The number of piperidine rings is 1. The molecule has 2 aliphatic heterocycles. The van der Waals surface area contributed by atoms with Crippen LogP contribution in [-0.4, -0.2) is 45.1 Å². The minimum atomic E-state index is -0.255. The van der Waals surface area contributed by atoms with Gasteiger partial charge in [0, 0.05) is 31.4 Å². The van der Waals surface area contributed by atoms with Crippen LogP contribution in [0, 0.1) is 5.82 Å². The Bertz CT molecular complexity index is 1080. The Morgan fingerprint density at radius 2 is 1.85 bits per heavy atom. The minimum Gasteiger partial charge on any atom is -0.365 e. The second kappa shape index (κ2) is 9.68. The number of carbonyl (C=O) groups excluding carboxylic acids is 1. The monoisotopic (exact) mass is 450 g/mol. The molecular weight excluding hydrogens is 423 g/mol. The predicted molar refractivity (Wildman–Crippen MR) is 121 cm³/mol. The molecule has 8 nitrogen and oxygen atoms in total. The van der Waals surface area contributed by atoms with Crippen LogP contribution in [0.15, 0.2) is 54.6 Å². The normalized spacial score (nSPS) is 19.1. The molecule has 1 aromatic heterocycles. The van der Waals surface area contributed by atoms with Crippen molar-refractivity contribution in [2.45, 2.75) is 44.7 Å². The van der Waals surface area contributed by atoms with Gasteiger partial charge < -0.3 is 15.4 Å². The summed E-state index contributed by atoms with van der Waals surface area (Å²) in [6.07, 6.45) is 1.61. The molecule has 1 atom stereocenters. The molecule has 0 unspecified atom stereocenters.